The summed E-state index contributed by atoms with van der Waals surface area (Å²) in [6.07, 6.45) is -1.08. The van der Waals surface area contributed by atoms with Gasteiger partial charge in [0.1, 0.15) is 5.82 Å². The molecule has 0 bridgehead atoms. The number of nitrogens with two attached hydrogens (primary N) is 1. The number of carbonyl (C=O) groups excluding carboxylic acids is 2. The van der Waals surface area contributed by atoms with E-state index in [1.165, 1.54) is 13.0 Å². The molecule has 8 heteroatoms. The Balaban J connectivity index is 1.63. The van der Waals surface area contributed by atoms with Crippen LogP contribution in [0.5, 0.6) is 11.5 Å². The third-order valence-corrected chi connectivity index (χ3v) is 3.53. The first-order valence-electron chi connectivity index (χ1n) is 7.40. The summed E-state index contributed by atoms with van der Waals surface area (Å²) in [5.41, 5.74) is 5.98. The number of nitrogens with one attached hydrogen (secondary N) is 1. The molecular formula is C17H15FN2O5. The molecule has 2 aromatic carbocycles. The van der Waals surface area contributed by atoms with Crippen LogP contribution in [0.15, 0.2) is 36.4 Å². The molecule has 0 radical (unpaired) electrons. The Bertz CT molecular complexity index is 840. The highest BCUT2D eigenvalue weighted by atomic mass is 19.1. The number of hydrogen-bond donors (Lipinski definition) is 2. The fraction of sp³-hybridized carbons (Fsp3) is 0.176. The van der Waals surface area contributed by atoms with E-state index in [-0.39, 0.29) is 18.0 Å². The van der Waals surface area contributed by atoms with Crippen LogP contribution in [0, 0.1) is 5.82 Å². The highest BCUT2D eigenvalue weighted by Gasteiger charge is 2.21. The maximum absolute atomic E-state index is 13.0. The van der Waals surface area contributed by atoms with Gasteiger partial charge in [-0.3, -0.25) is 4.79 Å². The second-order valence-corrected chi connectivity index (χ2v) is 5.34. The average Bonchev–Trinajstić information content (AvgIpc) is 3.02. The van der Waals surface area contributed by atoms with Crippen molar-refractivity contribution in [1.29, 1.82) is 0 Å². The first-order valence-corrected chi connectivity index (χ1v) is 7.40. The minimum atomic E-state index is -1.08. The number of anilines is 2. The molecule has 0 fully saturated rings. The summed E-state index contributed by atoms with van der Waals surface area (Å²) in [5, 5.41) is 2.61. The smallest absolute Gasteiger partial charge is 0.341 e. The zero-order valence-corrected chi connectivity index (χ0v) is 13.2. The standard InChI is InChI=1S/C17H15FN2O5/c1-9(25-17(22)12-4-2-10(18)6-13(12)19)16(21)20-11-3-5-14-15(7-11)24-8-23-14/h2-7,9H,8,19H2,1H3,(H,20,21)/t9-/m0/s1. The lowest BCUT2D eigenvalue weighted by molar-refractivity contribution is -0.123. The van der Waals surface area contributed by atoms with E-state index in [0.717, 1.165) is 12.1 Å². The molecule has 1 atom stereocenters. The molecule has 0 aromatic heterocycles. The van der Waals surface area contributed by atoms with Gasteiger partial charge in [-0.25, -0.2) is 9.18 Å². The molecule has 7 nitrogen and oxygen atoms in total. The quantitative estimate of drug-likeness (QED) is 0.651. The Morgan fingerprint density at radius 2 is 1.96 bits per heavy atom. The predicted octanol–water partition coefficient (Wildman–Crippen LogP) is 2.32. The fourth-order valence-electron chi connectivity index (χ4n) is 2.22. The van der Waals surface area contributed by atoms with E-state index >= 15 is 0 Å². The summed E-state index contributed by atoms with van der Waals surface area (Å²) in [6, 6.07) is 8.20. The molecule has 0 spiro atoms. The van der Waals surface area contributed by atoms with Gasteiger partial charge in [0.25, 0.3) is 5.91 Å². The molecule has 0 saturated heterocycles. The zero-order valence-electron chi connectivity index (χ0n) is 13.2. The number of nitrogen functional groups attached to an aromatic ring is 1. The lowest BCUT2D eigenvalue weighted by Crippen LogP contribution is -2.30. The van der Waals surface area contributed by atoms with Gasteiger partial charge in [0.2, 0.25) is 6.79 Å². The summed E-state index contributed by atoms with van der Waals surface area (Å²) >= 11 is 0. The minimum absolute atomic E-state index is 0.0101. The van der Waals surface area contributed by atoms with Crippen molar-refractivity contribution in [3.8, 4) is 11.5 Å². The first-order chi connectivity index (χ1) is 11.9. The summed E-state index contributed by atoms with van der Waals surface area (Å²) in [6.45, 7) is 1.54. The van der Waals surface area contributed by atoms with Gasteiger partial charge < -0.3 is 25.3 Å². The number of carbonyl (C=O) groups is 2. The van der Waals surface area contributed by atoms with Crippen LogP contribution in [0.1, 0.15) is 17.3 Å². The molecular weight excluding hydrogens is 331 g/mol. The van der Waals surface area contributed by atoms with Crippen LogP contribution in [-0.2, 0) is 9.53 Å². The third kappa shape index (κ3) is 3.63. The Hall–Kier alpha value is -3.29. The molecule has 0 unspecified atom stereocenters. The van der Waals surface area contributed by atoms with Gasteiger partial charge in [0, 0.05) is 17.4 Å². The highest BCUT2D eigenvalue weighted by molar-refractivity contribution is 5.99. The fourth-order valence-corrected chi connectivity index (χ4v) is 2.22. The van der Waals surface area contributed by atoms with Gasteiger partial charge in [-0.1, -0.05) is 0 Å². The molecule has 25 heavy (non-hydrogen) atoms. The van der Waals surface area contributed by atoms with E-state index in [1.807, 2.05) is 0 Å². The monoisotopic (exact) mass is 346 g/mol. The van der Waals surface area contributed by atoms with Crippen molar-refractivity contribution >= 4 is 23.3 Å². The first kappa shape index (κ1) is 16.6. The van der Waals surface area contributed by atoms with Crippen LogP contribution in [0.25, 0.3) is 0 Å². The van der Waals surface area contributed by atoms with Crippen LogP contribution >= 0.6 is 0 Å². The van der Waals surface area contributed by atoms with Crippen molar-refractivity contribution in [2.24, 2.45) is 0 Å². The van der Waals surface area contributed by atoms with Gasteiger partial charge in [-0.15, -0.1) is 0 Å². The van der Waals surface area contributed by atoms with E-state index in [2.05, 4.69) is 5.32 Å². The second kappa shape index (κ2) is 6.68. The number of rotatable bonds is 4. The van der Waals surface area contributed by atoms with Crippen LogP contribution in [0.4, 0.5) is 15.8 Å². The van der Waals surface area contributed by atoms with Crippen LogP contribution in [-0.4, -0.2) is 24.8 Å². The van der Waals surface area contributed by atoms with Crippen molar-refractivity contribution < 1.29 is 28.2 Å². The van der Waals surface area contributed by atoms with E-state index in [1.54, 1.807) is 18.2 Å². The molecule has 1 amide bonds. The zero-order chi connectivity index (χ0) is 18.0. The molecule has 0 saturated carbocycles. The molecule has 1 heterocycles. The third-order valence-electron chi connectivity index (χ3n) is 3.53. The molecule has 3 N–H and O–H groups in total. The molecule has 130 valence electrons. The molecule has 0 aliphatic carbocycles. The molecule has 2 aromatic rings. The van der Waals surface area contributed by atoms with Crippen LogP contribution < -0.4 is 20.5 Å². The maximum Gasteiger partial charge on any atom is 0.341 e. The van der Waals surface area contributed by atoms with Crippen molar-refractivity contribution in [3.05, 3.63) is 47.8 Å². The number of esters is 1. The predicted molar refractivity (Wildman–Crippen MR) is 86.9 cm³/mol. The maximum atomic E-state index is 13.0. The lowest BCUT2D eigenvalue weighted by atomic mass is 10.2. The minimum Gasteiger partial charge on any atom is -0.454 e. The number of fused-ring (bicyclic) bond motifs is 1. The largest absolute Gasteiger partial charge is 0.454 e. The van der Waals surface area contributed by atoms with Crippen molar-refractivity contribution in [3.63, 3.8) is 0 Å². The number of ether oxygens (including phenoxy) is 3. The van der Waals surface area contributed by atoms with Gasteiger partial charge >= 0.3 is 5.97 Å². The molecule has 1 aliphatic heterocycles. The van der Waals surface area contributed by atoms with E-state index in [9.17, 15) is 14.0 Å². The lowest BCUT2D eigenvalue weighted by Gasteiger charge is -2.14. The normalized spacial score (nSPS) is 13.2. The van der Waals surface area contributed by atoms with Crippen molar-refractivity contribution in [1.82, 2.24) is 0 Å². The molecule has 3 rings (SSSR count). The van der Waals surface area contributed by atoms with Crippen LogP contribution in [0.2, 0.25) is 0 Å². The number of benzene rings is 2. The summed E-state index contributed by atoms with van der Waals surface area (Å²) in [4.78, 5) is 24.2. The van der Waals surface area contributed by atoms with E-state index in [4.69, 9.17) is 19.9 Å². The van der Waals surface area contributed by atoms with Crippen molar-refractivity contribution in [2.75, 3.05) is 17.8 Å². The van der Waals surface area contributed by atoms with Crippen LogP contribution in [0.3, 0.4) is 0 Å². The summed E-state index contributed by atoms with van der Waals surface area (Å²) in [7, 11) is 0. The number of halogens is 1. The number of amides is 1. The average molecular weight is 346 g/mol. The Morgan fingerprint density at radius 3 is 2.72 bits per heavy atom. The van der Waals surface area contributed by atoms with Crippen molar-refractivity contribution in [2.45, 2.75) is 13.0 Å². The molecule has 1 aliphatic rings. The topological polar surface area (TPSA) is 99.9 Å². The second-order valence-electron chi connectivity index (χ2n) is 5.34. The summed E-state index contributed by atoms with van der Waals surface area (Å²) < 4.78 is 28.5. The SMILES string of the molecule is C[C@H](OC(=O)c1ccc(F)cc1N)C(=O)Nc1ccc2c(c1)OCO2. The van der Waals surface area contributed by atoms with Gasteiger partial charge in [0.15, 0.2) is 17.6 Å². The Morgan fingerprint density at radius 1 is 1.20 bits per heavy atom. The summed E-state index contributed by atoms with van der Waals surface area (Å²) in [5.74, 6) is -0.813. The number of hydrogen-bond acceptors (Lipinski definition) is 6. The van der Waals surface area contributed by atoms with E-state index < -0.39 is 23.8 Å². The Labute approximate surface area is 142 Å². The van der Waals surface area contributed by atoms with Gasteiger partial charge in [-0.05, 0) is 37.3 Å². The van der Waals surface area contributed by atoms with E-state index in [0.29, 0.717) is 17.2 Å². The van der Waals surface area contributed by atoms with Gasteiger partial charge in [0.05, 0.1) is 5.56 Å². The highest BCUT2D eigenvalue weighted by Crippen LogP contribution is 2.34. The Kier molecular flexibility index (Phi) is 4.42. The van der Waals surface area contributed by atoms with Gasteiger partial charge in [-0.2, -0.15) is 0 Å².